The highest BCUT2D eigenvalue weighted by Gasteiger charge is 2.21. The lowest BCUT2D eigenvalue weighted by Gasteiger charge is -2.22. The first-order chi connectivity index (χ1) is 11.2. The van der Waals surface area contributed by atoms with Crippen molar-refractivity contribution >= 4 is 33.1 Å². The van der Waals surface area contributed by atoms with Gasteiger partial charge in [0.1, 0.15) is 12.3 Å². The summed E-state index contributed by atoms with van der Waals surface area (Å²) in [7, 11) is 0.153. The Balaban J connectivity index is 2.18. The average molecular weight is 352 g/mol. The van der Waals surface area contributed by atoms with Crippen LogP contribution in [0.5, 0.6) is 0 Å². The van der Waals surface area contributed by atoms with Crippen molar-refractivity contribution in [3.63, 3.8) is 0 Å². The Labute approximate surface area is 141 Å². The zero-order valence-electron chi connectivity index (χ0n) is 14.0. The third-order valence-electron chi connectivity index (χ3n) is 3.24. The molecular formula is C15H20N4O4S. The Kier molecular flexibility index (Phi) is 5.13. The summed E-state index contributed by atoms with van der Waals surface area (Å²) in [4.78, 5) is 14.0. The first-order valence-electron chi connectivity index (χ1n) is 7.15. The molecule has 8 nitrogen and oxygen atoms in total. The molecule has 2 aromatic rings. The Morgan fingerprint density at radius 2 is 1.79 bits per heavy atom. The van der Waals surface area contributed by atoms with Gasteiger partial charge in [-0.15, -0.1) is 0 Å². The van der Waals surface area contributed by atoms with Gasteiger partial charge in [-0.2, -0.15) is 0 Å². The van der Waals surface area contributed by atoms with Gasteiger partial charge in [0.25, 0.3) is 0 Å². The van der Waals surface area contributed by atoms with E-state index in [9.17, 15) is 13.2 Å². The van der Waals surface area contributed by atoms with Gasteiger partial charge < -0.3 is 14.7 Å². The molecular weight excluding hydrogens is 332 g/mol. The number of hydrogen-bond donors (Lipinski definition) is 1. The molecule has 1 N–H and O–H groups in total. The lowest BCUT2D eigenvalue weighted by Crippen LogP contribution is -2.37. The topological polar surface area (TPSA) is 95.8 Å². The Hall–Kier alpha value is -2.55. The van der Waals surface area contributed by atoms with Crippen LogP contribution in [0.2, 0.25) is 0 Å². The minimum absolute atomic E-state index is 0.244. The zero-order chi connectivity index (χ0) is 17.9. The van der Waals surface area contributed by atoms with Gasteiger partial charge in [-0.25, -0.2) is 8.42 Å². The fraction of sp³-hybridized carbons (Fsp3) is 0.333. The summed E-state index contributed by atoms with van der Waals surface area (Å²) >= 11 is 0. The molecule has 0 aliphatic carbocycles. The smallest absolute Gasteiger partial charge is 0.246 e. The van der Waals surface area contributed by atoms with Crippen LogP contribution >= 0.6 is 0 Å². The molecule has 0 bridgehead atoms. The van der Waals surface area contributed by atoms with Crippen LogP contribution in [0.1, 0.15) is 5.76 Å². The fourth-order valence-electron chi connectivity index (χ4n) is 2.06. The number of aromatic nitrogens is 1. The van der Waals surface area contributed by atoms with Gasteiger partial charge in [-0.3, -0.25) is 9.10 Å². The molecule has 130 valence electrons. The molecule has 0 fully saturated rings. The fourth-order valence-corrected chi connectivity index (χ4v) is 2.91. The van der Waals surface area contributed by atoms with E-state index >= 15 is 0 Å². The van der Waals surface area contributed by atoms with E-state index in [0.29, 0.717) is 11.4 Å². The molecule has 1 aromatic heterocycles. The van der Waals surface area contributed by atoms with Gasteiger partial charge in [0.2, 0.25) is 15.9 Å². The molecule has 1 aromatic carbocycles. The van der Waals surface area contributed by atoms with Crippen molar-refractivity contribution in [3.05, 3.63) is 36.1 Å². The lowest BCUT2D eigenvalue weighted by molar-refractivity contribution is -0.114. The van der Waals surface area contributed by atoms with Crippen molar-refractivity contribution in [1.82, 2.24) is 5.16 Å². The molecule has 0 saturated carbocycles. The summed E-state index contributed by atoms with van der Waals surface area (Å²) in [5.74, 6) is 0.281. The van der Waals surface area contributed by atoms with E-state index in [1.54, 1.807) is 37.3 Å². The number of benzene rings is 1. The summed E-state index contributed by atoms with van der Waals surface area (Å²) in [5, 5.41) is 6.16. The van der Waals surface area contributed by atoms with Crippen molar-refractivity contribution in [1.29, 1.82) is 0 Å². The van der Waals surface area contributed by atoms with Crippen molar-refractivity contribution < 1.29 is 17.7 Å². The predicted octanol–water partition coefficient (Wildman–Crippen LogP) is 1.45. The van der Waals surface area contributed by atoms with Gasteiger partial charge in [0.05, 0.1) is 11.9 Å². The van der Waals surface area contributed by atoms with Crippen molar-refractivity contribution in [2.24, 2.45) is 0 Å². The minimum Gasteiger partial charge on any atom is -0.378 e. The molecule has 0 radical (unpaired) electrons. The van der Waals surface area contributed by atoms with Crippen LogP contribution in [0.25, 0.3) is 0 Å². The number of nitrogens with zero attached hydrogens (tertiary/aromatic N) is 3. The summed E-state index contributed by atoms with van der Waals surface area (Å²) in [5.41, 5.74) is 1.34. The average Bonchev–Trinajstić information content (AvgIpc) is 2.89. The largest absolute Gasteiger partial charge is 0.378 e. The zero-order valence-corrected chi connectivity index (χ0v) is 14.8. The minimum atomic E-state index is -3.62. The van der Waals surface area contributed by atoms with Gasteiger partial charge >= 0.3 is 0 Å². The summed E-state index contributed by atoms with van der Waals surface area (Å²) in [6, 6.07) is 8.43. The molecule has 2 rings (SSSR count). The van der Waals surface area contributed by atoms with E-state index in [4.69, 9.17) is 4.52 Å². The number of anilines is 3. The molecule has 24 heavy (non-hydrogen) atoms. The van der Waals surface area contributed by atoms with Crippen LogP contribution in [0, 0.1) is 6.92 Å². The highest BCUT2D eigenvalue weighted by molar-refractivity contribution is 7.92. The maximum absolute atomic E-state index is 12.1. The Bertz CT molecular complexity index is 812. The first kappa shape index (κ1) is 17.8. The van der Waals surface area contributed by atoms with Crippen molar-refractivity contribution in [2.75, 3.05) is 41.4 Å². The van der Waals surface area contributed by atoms with Crippen LogP contribution in [-0.2, 0) is 14.8 Å². The lowest BCUT2D eigenvalue weighted by atomic mass is 10.2. The normalized spacial score (nSPS) is 11.2. The van der Waals surface area contributed by atoms with E-state index in [1.165, 1.54) is 0 Å². The molecule has 0 atom stereocenters. The molecule has 9 heteroatoms. The monoisotopic (exact) mass is 352 g/mol. The predicted molar refractivity (Wildman–Crippen MR) is 92.8 cm³/mol. The molecule has 1 amide bonds. The number of carbonyl (C=O) groups excluding carboxylic acids is 1. The SMILES string of the molecule is Cc1cc(NC(=O)CN(c2ccc(N(C)C)cc2)S(C)(=O)=O)no1. The number of carbonyl (C=O) groups is 1. The summed E-state index contributed by atoms with van der Waals surface area (Å²) < 4.78 is 30.0. The number of nitrogens with one attached hydrogen (secondary N) is 1. The Morgan fingerprint density at radius 3 is 2.25 bits per heavy atom. The second kappa shape index (κ2) is 6.91. The first-order valence-corrected chi connectivity index (χ1v) is 9.00. The van der Waals surface area contributed by atoms with Gasteiger partial charge in [-0.05, 0) is 31.2 Å². The van der Waals surface area contributed by atoms with Gasteiger partial charge in [-0.1, -0.05) is 5.16 Å². The van der Waals surface area contributed by atoms with E-state index in [2.05, 4.69) is 10.5 Å². The summed E-state index contributed by atoms with van der Waals surface area (Å²) in [6.07, 6.45) is 1.06. The van der Waals surface area contributed by atoms with E-state index < -0.39 is 15.9 Å². The molecule has 0 aliphatic heterocycles. The molecule has 1 heterocycles. The van der Waals surface area contributed by atoms with Crippen molar-refractivity contribution in [3.8, 4) is 0 Å². The third kappa shape index (κ3) is 4.48. The molecule has 0 spiro atoms. The van der Waals surface area contributed by atoms with E-state index in [1.807, 2.05) is 19.0 Å². The summed E-state index contributed by atoms with van der Waals surface area (Å²) in [6.45, 7) is 1.34. The van der Waals surface area contributed by atoms with Crippen LogP contribution in [-0.4, -0.2) is 46.4 Å². The number of aryl methyl sites for hydroxylation is 1. The second-order valence-corrected chi connectivity index (χ2v) is 7.46. The maximum Gasteiger partial charge on any atom is 0.246 e. The van der Waals surface area contributed by atoms with Gasteiger partial charge in [0.15, 0.2) is 5.82 Å². The van der Waals surface area contributed by atoms with Gasteiger partial charge in [0, 0.05) is 25.8 Å². The third-order valence-corrected chi connectivity index (χ3v) is 4.38. The molecule has 0 aliphatic rings. The van der Waals surface area contributed by atoms with Crippen molar-refractivity contribution in [2.45, 2.75) is 6.92 Å². The highest BCUT2D eigenvalue weighted by atomic mass is 32.2. The number of amides is 1. The highest BCUT2D eigenvalue weighted by Crippen LogP contribution is 2.21. The van der Waals surface area contributed by atoms with Crippen LogP contribution in [0.3, 0.4) is 0 Å². The standard InChI is InChI=1S/C15H20N4O4S/c1-11-9-14(17-23-11)16-15(20)10-19(24(4,21)22)13-7-5-12(6-8-13)18(2)3/h5-9H,10H2,1-4H3,(H,16,17,20). The van der Waals surface area contributed by atoms with Crippen LogP contribution in [0.4, 0.5) is 17.2 Å². The molecule has 0 unspecified atom stereocenters. The molecule has 0 saturated heterocycles. The van der Waals surface area contributed by atoms with Crippen LogP contribution < -0.4 is 14.5 Å². The Morgan fingerprint density at radius 1 is 1.21 bits per heavy atom. The number of hydrogen-bond acceptors (Lipinski definition) is 6. The van der Waals surface area contributed by atoms with E-state index in [-0.39, 0.29) is 12.4 Å². The second-order valence-electron chi connectivity index (χ2n) is 5.55. The van der Waals surface area contributed by atoms with E-state index in [0.717, 1.165) is 16.2 Å². The van der Waals surface area contributed by atoms with Crippen LogP contribution in [0.15, 0.2) is 34.9 Å². The number of rotatable bonds is 6. The maximum atomic E-state index is 12.1. The quantitative estimate of drug-likeness (QED) is 0.845. The number of sulfonamides is 1.